The molecule has 2 aromatic carbocycles. The molecule has 0 radical (unpaired) electrons. The summed E-state index contributed by atoms with van der Waals surface area (Å²) in [5.41, 5.74) is 2.69. The van der Waals surface area contributed by atoms with Crippen molar-refractivity contribution >= 4 is 52.6 Å². The number of amides is 2. The second-order valence-corrected chi connectivity index (χ2v) is 8.07. The Kier molecular flexibility index (Phi) is 7.92. The summed E-state index contributed by atoms with van der Waals surface area (Å²) in [5, 5.41) is 9.17. The number of para-hydroxylation sites is 1. The average molecular weight is 493 g/mol. The van der Waals surface area contributed by atoms with Crippen molar-refractivity contribution in [1.29, 1.82) is 0 Å². The van der Waals surface area contributed by atoms with E-state index >= 15 is 0 Å². The van der Waals surface area contributed by atoms with Gasteiger partial charge in [0.25, 0.3) is 5.91 Å². The van der Waals surface area contributed by atoms with E-state index in [2.05, 4.69) is 25.9 Å². The van der Waals surface area contributed by atoms with Gasteiger partial charge in [-0.15, -0.1) is 0 Å². The summed E-state index contributed by atoms with van der Waals surface area (Å²) in [6, 6.07) is 14.6. The minimum atomic E-state index is -0.225. The molecule has 1 aliphatic rings. The van der Waals surface area contributed by atoms with E-state index in [1.54, 1.807) is 42.3 Å². The van der Waals surface area contributed by atoms with Crippen LogP contribution in [0.1, 0.15) is 15.9 Å². The lowest BCUT2D eigenvalue weighted by atomic mass is 10.1. The third-order valence-electron chi connectivity index (χ3n) is 5.30. The second-order valence-electron chi connectivity index (χ2n) is 7.66. The van der Waals surface area contributed by atoms with E-state index in [9.17, 15) is 9.59 Å². The Bertz CT molecular complexity index is 1230. The first-order chi connectivity index (χ1) is 17.0. The number of hydrogen-bond acceptors (Lipinski definition) is 7. The van der Waals surface area contributed by atoms with Gasteiger partial charge in [0.15, 0.2) is 5.82 Å². The highest BCUT2D eigenvalue weighted by molar-refractivity contribution is 6.33. The van der Waals surface area contributed by atoms with Crippen LogP contribution in [0.5, 0.6) is 0 Å². The third-order valence-corrected chi connectivity index (χ3v) is 5.58. The summed E-state index contributed by atoms with van der Waals surface area (Å²) in [4.78, 5) is 34.9. The van der Waals surface area contributed by atoms with Gasteiger partial charge >= 0.3 is 0 Å². The maximum absolute atomic E-state index is 12.3. The molecule has 0 saturated carbocycles. The van der Waals surface area contributed by atoms with Gasteiger partial charge < -0.3 is 25.6 Å². The second kappa shape index (κ2) is 11.5. The lowest BCUT2D eigenvalue weighted by molar-refractivity contribution is -0.129. The molecule has 2 amide bonds. The van der Waals surface area contributed by atoms with Crippen LogP contribution in [0.15, 0.2) is 60.8 Å². The first-order valence-corrected chi connectivity index (χ1v) is 11.4. The number of benzene rings is 2. The molecule has 0 bridgehead atoms. The Balaban J connectivity index is 1.43. The van der Waals surface area contributed by atoms with E-state index in [4.69, 9.17) is 16.3 Å². The van der Waals surface area contributed by atoms with E-state index < -0.39 is 0 Å². The highest BCUT2D eigenvalue weighted by Crippen LogP contribution is 2.27. The number of anilines is 4. The Labute approximate surface area is 208 Å². The van der Waals surface area contributed by atoms with Gasteiger partial charge in [-0.25, -0.2) is 4.98 Å². The molecule has 4 rings (SSSR count). The molecule has 1 fully saturated rings. The van der Waals surface area contributed by atoms with Crippen LogP contribution in [0.4, 0.5) is 23.1 Å². The van der Waals surface area contributed by atoms with Crippen molar-refractivity contribution in [2.75, 3.05) is 44.0 Å². The van der Waals surface area contributed by atoms with Gasteiger partial charge in [-0.2, -0.15) is 4.98 Å². The SMILES string of the molecule is CNC(=O)c1ccccc1Nc1nc(Nc2ccc(/C=C/C(=O)N3CCOCC3)cc2)ncc1Cl. The molecule has 0 aliphatic carbocycles. The fraction of sp³-hybridized carbons (Fsp3) is 0.200. The molecule has 35 heavy (non-hydrogen) atoms. The highest BCUT2D eigenvalue weighted by atomic mass is 35.5. The Hall–Kier alpha value is -3.95. The van der Waals surface area contributed by atoms with Crippen molar-refractivity contribution in [2.24, 2.45) is 0 Å². The van der Waals surface area contributed by atoms with E-state index in [1.807, 2.05) is 30.3 Å². The number of halogens is 1. The summed E-state index contributed by atoms with van der Waals surface area (Å²) in [6.45, 7) is 2.37. The van der Waals surface area contributed by atoms with Gasteiger partial charge in [-0.05, 0) is 35.9 Å². The smallest absolute Gasteiger partial charge is 0.253 e. The first-order valence-electron chi connectivity index (χ1n) is 11.1. The van der Waals surface area contributed by atoms with E-state index in [1.165, 1.54) is 6.20 Å². The molecule has 2 heterocycles. The molecule has 1 aromatic heterocycles. The van der Waals surface area contributed by atoms with Gasteiger partial charge in [0, 0.05) is 31.9 Å². The van der Waals surface area contributed by atoms with E-state index in [0.717, 1.165) is 11.3 Å². The average Bonchev–Trinajstić information content (AvgIpc) is 2.90. The normalized spacial score (nSPS) is 13.5. The fourth-order valence-corrected chi connectivity index (χ4v) is 3.57. The van der Waals surface area contributed by atoms with Crippen LogP contribution >= 0.6 is 11.6 Å². The van der Waals surface area contributed by atoms with Crippen LogP contribution in [0.3, 0.4) is 0 Å². The molecule has 0 atom stereocenters. The van der Waals surface area contributed by atoms with Gasteiger partial charge in [0.05, 0.1) is 30.7 Å². The van der Waals surface area contributed by atoms with Gasteiger partial charge in [-0.1, -0.05) is 35.9 Å². The number of hydrogen-bond donors (Lipinski definition) is 3. The molecule has 9 nitrogen and oxygen atoms in total. The number of morpholine rings is 1. The van der Waals surface area contributed by atoms with Crippen LogP contribution in [-0.2, 0) is 9.53 Å². The van der Waals surface area contributed by atoms with Crippen molar-refractivity contribution in [3.8, 4) is 0 Å². The number of ether oxygens (including phenoxy) is 1. The molecule has 1 saturated heterocycles. The standard InChI is InChI=1S/C25H25ClN6O3/c1-27-24(34)19-4-2-3-5-21(19)30-23-20(26)16-28-25(31-23)29-18-9-6-17(7-10-18)8-11-22(33)32-12-14-35-15-13-32/h2-11,16H,12-15H2,1H3,(H,27,34)(H2,28,29,30,31)/b11-8+. The zero-order chi connectivity index (χ0) is 24.6. The van der Waals surface area contributed by atoms with Crippen LogP contribution in [-0.4, -0.2) is 60.0 Å². The summed E-state index contributed by atoms with van der Waals surface area (Å²) >= 11 is 6.29. The summed E-state index contributed by atoms with van der Waals surface area (Å²) in [7, 11) is 1.57. The zero-order valence-corrected chi connectivity index (χ0v) is 19.9. The topological polar surface area (TPSA) is 108 Å². The minimum absolute atomic E-state index is 0.0249. The monoisotopic (exact) mass is 492 g/mol. The van der Waals surface area contributed by atoms with E-state index in [0.29, 0.717) is 54.3 Å². The van der Waals surface area contributed by atoms with Crippen molar-refractivity contribution in [3.63, 3.8) is 0 Å². The third kappa shape index (κ3) is 6.34. The zero-order valence-electron chi connectivity index (χ0n) is 19.1. The molecular weight excluding hydrogens is 468 g/mol. The molecule has 180 valence electrons. The Morgan fingerprint density at radius 2 is 1.80 bits per heavy atom. The van der Waals surface area contributed by atoms with Crippen LogP contribution in [0, 0.1) is 0 Å². The highest BCUT2D eigenvalue weighted by Gasteiger charge is 2.14. The number of nitrogens with one attached hydrogen (secondary N) is 3. The molecule has 10 heteroatoms. The maximum Gasteiger partial charge on any atom is 0.253 e. The maximum atomic E-state index is 12.3. The molecule has 3 N–H and O–H groups in total. The number of nitrogens with zero attached hydrogens (tertiary/aromatic N) is 3. The van der Waals surface area contributed by atoms with Crippen LogP contribution in [0.25, 0.3) is 6.08 Å². The molecule has 3 aromatic rings. The number of rotatable bonds is 7. The Morgan fingerprint density at radius 1 is 1.06 bits per heavy atom. The first kappa shape index (κ1) is 24.2. The van der Waals surface area contributed by atoms with Crippen molar-refractivity contribution in [1.82, 2.24) is 20.2 Å². The van der Waals surface area contributed by atoms with E-state index in [-0.39, 0.29) is 11.8 Å². The van der Waals surface area contributed by atoms with Crippen LogP contribution in [0.2, 0.25) is 5.02 Å². The van der Waals surface area contributed by atoms with Crippen molar-refractivity contribution < 1.29 is 14.3 Å². The number of carbonyl (C=O) groups is 2. The van der Waals surface area contributed by atoms with Gasteiger partial charge in [0.1, 0.15) is 5.02 Å². The minimum Gasteiger partial charge on any atom is -0.378 e. The molecule has 0 unspecified atom stereocenters. The quantitative estimate of drug-likeness (QED) is 0.430. The lowest BCUT2D eigenvalue weighted by Crippen LogP contribution is -2.39. The van der Waals surface area contributed by atoms with Crippen LogP contribution < -0.4 is 16.0 Å². The number of carbonyl (C=O) groups excluding carboxylic acids is 2. The summed E-state index contributed by atoms with van der Waals surface area (Å²) < 4.78 is 5.28. The Morgan fingerprint density at radius 3 is 2.54 bits per heavy atom. The predicted molar refractivity (Wildman–Crippen MR) is 136 cm³/mol. The molecular formula is C25H25ClN6O3. The number of aromatic nitrogens is 2. The largest absolute Gasteiger partial charge is 0.378 e. The predicted octanol–water partition coefficient (Wildman–Crippen LogP) is 3.85. The summed E-state index contributed by atoms with van der Waals surface area (Å²) in [6.07, 6.45) is 4.84. The molecule has 1 aliphatic heterocycles. The van der Waals surface area contributed by atoms with Gasteiger partial charge in [0.2, 0.25) is 11.9 Å². The van der Waals surface area contributed by atoms with Crippen molar-refractivity contribution in [3.05, 3.63) is 77.0 Å². The van der Waals surface area contributed by atoms with Crippen molar-refractivity contribution in [2.45, 2.75) is 0 Å². The van der Waals surface area contributed by atoms with Gasteiger partial charge in [-0.3, -0.25) is 9.59 Å². The molecule has 0 spiro atoms. The fourth-order valence-electron chi connectivity index (χ4n) is 3.43. The summed E-state index contributed by atoms with van der Waals surface area (Å²) in [5.74, 6) is 0.447. The lowest BCUT2D eigenvalue weighted by Gasteiger charge is -2.25.